The van der Waals surface area contributed by atoms with E-state index in [1.807, 2.05) is 0 Å². The molecular formula is C11H21NO2. The summed E-state index contributed by atoms with van der Waals surface area (Å²) in [7, 11) is 0. The second-order valence-electron chi connectivity index (χ2n) is 4.82. The molecule has 0 amide bonds. The van der Waals surface area contributed by atoms with Gasteiger partial charge in [-0.25, -0.2) is 0 Å². The van der Waals surface area contributed by atoms with Crippen molar-refractivity contribution in [3.8, 4) is 0 Å². The summed E-state index contributed by atoms with van der Waals surface area (Å²) in [4.78, 5) is 0. The van der Waals surface area contributed by atoms with Crippen LogP contribution in [-0.2, 0) is 4.74 Å². The first-order valence-corrected chi connectivity index (χ1v) is 5.75. The molecule has 0 aromatic heterocycles. The van der Waals surface area contributed by atoms with Crippen LogP contribution in [0.3, 0.4) is 0 Å². The summed E-state index contributed by atoms with van der Waals surface area (Å²) in [5.74, 6) is 0. The standard InChI is InChI=1S/C11H21NO2/c1-9-3-4-10(14-9)7-12-11(8-13)5-2-6-11/h9-10,12-13H,2-8H2,1H3. The molecular weight excluding hydrogens is 178 g/mol. The minimum Gasteiger partial charge on any atom is -0.394 e. The molecule has 0 spiro atoms. The Bertz CT molecular complexity index is 186. The quantitative estimate of drug-likeness (QED) is 0.711. The molecule has 1 aliphatic carbocycles. The summed E-state index contributed by atoms with van der Waals surface area (Å²) < 4.78 is 5.73. The van der Waals surface area contributed by atoms with Crippen LogP contribution in [-0.4, -0.2) is 36.0 Å². The summed E-state index contributed by atoms with van der Waals surface area (Å²) in [6.45, 7) is 3.31. The van der Waals surface area contributed by atoms with E-state index >= 15 is 0 Å². The summed E-state index contributed by atoms with van der Waals surface area (Å²) >= 11 is 0. The molecule has 2 N–H and O–H groups in total. The van der Waals surface area contributed by atoms with Crippen LogP contribution in [0.15, 0.2) is 0 Å². The maximum absolute atomic E-state index is 9.26. The number of aliphatic hydroxyl groups is 1. The summed E-state index contributed by atoms with van der Waals surface area (Å²) in [5.41, 5.74) is 0.0369. The molecule has 3 nitrogen and oxygen atoms in total. The molecule has 2 atom stereocenters. The Morgan fingerprint density at radius 2 is 2.21 bits per heavy atom. The topological polar surface area (TPSA) is 41.5 Å². The lowest BCUT2D eigenvalue weighted by Gasteiger charge is -2.41. The van der Waals surface area contributed by atoms with Gasteiger partial charge >= 0.3 is 0 Å². The minimum atomic E-state index is 0.0369. The monoisotopic (exact) mass is 199 g/mol. The molecule has 0 aromatic carbocycles. The zero-order chi connectivity index (χ0) is 10.0. The first-order valence-electron chi connectivity index (χ1n) is 5.75. The minimum absolute atomic E-state index is 0.0369. The van der Waals surface area contributed by atoms with E-state index in [2.05, 4.69) is 12.2 Å². The first-order chi connectivity index (χ1) is 6.74. The Balaban J connectivity index is 1.71. The van der Waals surface area contributed by atoms with Crippen molar-refractivity contribution in [2.45, 2.75) is 56.8 Å². The van der Waals surface area contributed by atoms with Gasteiger partial charge in [-0.15, -0.1) is 0 Å². The van der Waals surface area contributed by atoms with Crippen LogP contribution in [0.4, 0.5) is 0 Å². The SMILES string of the molecule is CC1CCC(CNC2(CO)CCC2)O1. The number of ether oxygens (including phenoxy) is 1. The third-order valence-electron chi connectivity index (χ3n) is 3.64. The van der Waals surface area contributed by atoms with Gasteiger partial charge in [0.2, 0.25) is 0 Å². The van der Waals surface area contributed by atoms with Crippen LogP contribution in [0.25, 0.3) is 0 Å². The van der Waals surface area contributed by atoms with Crippen LogP contribution in [0.5, 0.6) is 0 Å². The zero-order valence-electron chi connectivity index (χ0n) is 8.96. The fraction of sp³-hybridized carbons (Fsp3) is 1.00. The molecule has 14 heavy (non-hydrogen) atoms. The maximum Gasteiger partial charge on any atom is 0.0704 e. The number of hydrogen-bond acceptors (Lipinski definition) is 3. The van der Waals surface area contributed by atoms with Gasteiger partial charge in [0.05, 0.1) is 18.8 Å². The van der Waals surface area contributed by atoms with Crippen LogP contribution in [0, 0.1) is 0 Å². The highest BCUT2D eigenvalue weighted by Crippen LogP contribution is 2.31. The molecule has 1 heterocycles. The van der Waals surface area contributed by atoms with Crippen LogP contribution in [0.2, 0.25) is 0 Å². The average Bonchev–Trinajstić information content (AvgIpc) is 2.50. The molecule has 3 heteroatoms. The van der Waals surface area contributed by atoms with E-state index in [0.29, 0.717) is 12.2 Å². The van der Waals surface area contributed by atoms with Crippen molar-refractivity contribution in [1.29, 1.82) is 0 Å². The van der Waals surface area contributed by atoms with Crippen LogP contribution in [0.1, 0.15) is 39.0 Å². The molecule has 0 aromatic rings. The van der Waals surface area contributed by atoms with Crippen molar-refractivity contribution in [2.24, 2.45) is 0 Å². The van der Waals surface area contributed by atoms with E-state index in [1.165, 1.54) is 12.8 Å². The smallest absolute Gasteiger partial charge is 0.0704 e. The second kappa shape index (κ2) is 4.17. The van der Waals surface area contributed by atoms with E-state index in [-0.39, 0.29) is 12.1 Å². The molecule has 1 saturated carbocycles. The van der Waals surface area contributed by atoms with E-state index < -0.39 is 0 Å². The van der Waals surface area contributed by atoms with Gasteiger partial charge in [0.1, 0.15) is 0 Å². The normalized spacial score (nSPS) is 35.6. The number of hydrogen-bond donors (Lipinski definition) is 2. The molecule has 2 aliphatic rings. The third-order valence-corrected chi connectivity index (χ3v) is 3.64. The summed E-state index contributed by atoms with van der Waals surface area (Å²) in [6, 6.07) is 0. The fourth-order valence-electron chi connectivity index (χ4n) is 2.36. The van der Waals surface area contributed by atoms with Crippen LogP contribution >= 0.6 is 0 Å². The zero-order valence-corrected chi connectivity index (χ0v) is 8.96. The molecule has 0 radical (unpaired) electrons. The maximum atomic E-state index is 9.26. The van der Waals surface area contributed by atoms with Gasteiger partial charge in [-0.1, -0.05) is 0 Å². The van der Waals surface area contributed by atoms with Crippen molar-refractivity contribution in [3.05, 3.63) is 0 Å². The third kappa shape index (κ3) is 2.10. The van der Waals surface area contributed by atoms with Gasteiger partial charge in [-0.05, 0) is 39.0 Å². The molecule has 0 bridgehead atoms. The largest absolute Gasteiger partial charge is 0.394 e. The van der Waals surface area contributed by atoms with Gasteiger partial charge in [-0.2, -0.15) is 0 Å². The number of rotatable bonds is 4. The van der Waals surface area contributed by atoms with Gasteiger partial charge in [0.15, 0.2) is 0 Å². The second-order valence-corrected chi connectivity index (χ2v) is 4.82. The molecule has 2 fully saturated rings. The fourth-order valence-corrected chi connectivity index (χ4v) is 2.36. The lowest BCUT2D eigenvalue weighted by Crippen LogP contribution is -2.55. The number of aliphatic hydroxyl groups excluding tert-OH is 1. The summed E-state index contributed by atoms with van der Waals surface area (Å²) in [5, 5.41) is 12.7. The Morgan fingerprint density at radius 1 is 1.43 bits per heavy atom. The Hall–Kier alpha value is -0.120. The highest BCUT2D eigenvalue weighted by molar-refractivity contribution is 4.96. The van der Waals surface area contributed by atoms with Crippen molar-refractivity contribution in [1.82, 2.24) is 5.32 Å². The average molecular weight is 199 g/mol. The molecule has 2 unspecified atom stereocenters. The molecule has 1 aliphatic heterocycles. The van der Waals surface area contributed by atoms with E-state index in [1.54, 1.807) is 0 Å². The molecule has 82 valence electrons. The van der Waals surface area contributed by atoms with Crippen molar-refractivity contribution < 1.29 is 9.84 Å². The Labute approximate surface area is 85.8 Å². The van der Waals surface area contributed by atoms with Gasteiger partial charge in [-0.3, -0.25) is 0 Å². The Kier molecular flexibility index (Phi) is 3.10. The lowest BCUT2D eigenvalue weighted by molar-refractivity contribution is 0.0314. The van der Waals surface area contributed by atoms with Crippen molar-refractivity contribution >= 4 is 0 Å². The molecule has 2 rings (SSSR count). The molecule has 1 saturated heterocycles. The first kappa shape index (κ1) is 10.4. The van der Waals surface area contributed by atoms with E-state index in [9.17, 15) is 5.11 Å². The van der Waals surface area contributed by atoms with Gasteiger partial charge in [0, 0.05) is 12.1 Å². The van der Waals surface area contributed by atoms with Crippen molar-refractivity contribution in [3.63, 3.8) is 0 Å². The summed E-state index contributed by atoms with van der Waals surface area (Å²) in [6.07, 6.45) is 6.61. The van der Waals surface area contributed by atoms with E-state index in [4.69, 9.17) is 4.74 Å². The Morgan fingerprint density at radius 3 is 2.64 bits per heavy atom. The highest BCUT2D eigenvalue weighted by atomic mass is 16.5. The lowest BCUT2D eigenvalue weighted by atomic mass is 9.77. The van der Waals surface area contributed by atoms with Gasteiger partial charge < -0.3 is 15.2 Å². The predicted molar refractivity (Wildman–Crippen MR) is 55.2 cm³/mol. The van der Waals surface area contributed by atoms with Gasteiger partial charge in [0.25, 0.3) is 0 Å². The van der Waals surface area contributed by atoms with Crippen molar-refractivity contribution in [2.75, 3.05) is 13.2 Å². The van der Waals surface area contributed by atoms with E-state index in [0.717, 1.165) is 25.8 Å². The number of nitrogens with one attached hydrogen (secondary N) is 1. The predicted octanol–water partition coefficient (Wildman–Crippen LogP) is 1.06. The van der Waals surface area contributed by atoms with Crippen LogP contribution < -0.4 is 5.32 Å². The highest BCUT2D eigenvalue weighted by Gasteiger charge is 2.36.